The summed E-state index contributed by atoms with van der Waals surface area (Å²) < 4.78 is 1.94. The molecule has 1 aliphatic rings. The van der Waals surface area contributed by atoms with Crippen molar-refractivity contribution < 1.29 is 9.90 Å². The van der Waals surface area contributed by atoms with Gasteiger partial charge in [-0.2, -0.15) is 0 Å². The lowest BCUT2D eigenvalue weighted by Crippen LogP contribution is -2.39. The van der Waals surface area contributed by atoms with Crippen molar-refractivity contribution in [2.24, 2.45) is 0 Å². The van der Waals surface area contributed by atoms with Crippen LogP contribution >= 0.6 is 0 Å². The molecule has 6 nitrogen and oxygen atoms in total. The zero-order valence-corrected chi connectivity index (χ0v) is 16.0. The van der Waals surface area contributed by atoms with Gasteiger partial charge in [-0.3, -0.25) is 4.79 Å². The van der Waals surface area contributed by atoms with E-state index in [0.29, 0.717) is 18.7 Å². The van der Waals surface area contributed by atoms with E-state index in [1.54, 1.807) is 24.3 Å². The van der Waals surface area contributed by atoms with Crippen molar-refractivity contribution in [3.05, 3.63) is 71.4 Å². The van der Waals surface area contributed by atoms with E-state index in [0.717, 1.165) is 29.7 Å². The van der Waals surface area contributed by atoms with Crippen LogP contribution in [0.1, 0.15) is 40.4 Å². The summed E-state index contributed by atoms with van der Waals surface area (Å²) in [6.07, 6.45) is 3.72. The molecule has 0 radical (unpaired) electrons. The number of aromatic nitrogens is 3. The van der Waals surface area contributed by atoms with Gasteiger partial charge in [-0.15, -0.1) is 5.10 Å². The fourth-order valence-corrected chi connectivity index (χ4v) is 3.58. The smallest absolute Gasteiger partial charge is 0.253 e. The summed E-state index contributed by atoms with van der Waals surface area (Å²) in [7, 11) is 0. The summed E-state index contributed by atoms with van der Waals surface area (Å²) in [5.41, 5.74) is 4.64. The van der Waals surface area contributed by atoms with Gasteiger partial charge in [0.05, 0.1) is 18.8 Å². The average molecular weight is 376 g/mol. The molecule has 1 amide bonds. The summed E-state index contributed by atoms with van der Waals surface area (Å²) in [6, 6.07) is 15.7. The van der Waals surface area contributed by atoms with Crippen LogP contribution in [0, 0.1) is 6.92 Å². The van der Waals surface area contributed by atoms with E-state index >= 15 is 0 Å². The van der Waals surface area contributed by atoms with Gasteiger partial charge in [-0.05, 0) is 37.5 Å². The number of aliphatic hydroxyl groups excluding tert-OH is 1. The van der Waals surface area contributed by atoms with E-state index in [2.05, 4.69) is 41.5 Å². The van der Waals surface area contributed by atoms with Gasteiger partial charge in [0.15, 0.2) is 0 Å². The zero-order valence-electron chi connectivity index (χ0n) is 16.0. The van der Waals surface area contributed by atoms with E-state index in [9.17, 15) is 4.79 Å². The Balaban J connectivity index is 1.38. The number of carbonyl (C=O) groups excluding carboxylic acids is 1. The van der Waals surface area contributed by atoms with Crippen molar-refractivity contribution in [2.75, 3.05) is 13.1 Å². The van der Waals surface area contributed by atoms with Gasteiger partial charge < -0.3 is 10.0 Å². The van der Waals surface area contributed by atoms with Crippen LogP contribution in [0.3, 0.4) is 0 Å². The molecule has 0 aliphatic carbocycles. The second kappa shape index (κ2) is 7.94. The molecule has 1 N–H and O–H groups in total. The first-order chi connectivity index (χ1) is 13.6. The van der Waals surface area contributed by atoms with Gasteiger partial charge in [-0.25, -0.2) is 4.68 Å². The van der Waals surface area contributed by atoms with Crippen LogP contribution in [-0.4, -0.2) is 44.0 Å². The van der Waals surface area contributed by atoms with Crippen LogP contribution in [-0.2, 0) is 6.61 Å². The zero-order chi connectivity index (χ0) is 19.5. The Morgan fingerprint density at radius 3 is 2.39 bits per heavy atom. The number of aryl methyl sites for hydroxylation is 1. The van der Waals surface area contributed by atoms with Crippen molar-refractivity contribution in [1.82, 2.24) is 19.9 Å². The number of likely N-dealkylation sites (tertiary alicyclic amines) is 1. The number of amides is 1. The molecule has 0 bridgehead atoms. The van der Waals surface area contributed by atoms with Crippen molar-refractivity contribution in [1.29, 1.82) is 0 Å². The molecule has 144 valence electrons. The van der Waals surface area contributed by atoms with Gasteiger partial charge in [0.2, 0.25) is 0 Å². The Labute approximate surface area is 164 Å². The highest BCUT2D eigenvalue weighted by Crippen LogP contribution is 2.25. The number of hydrogen-bond donors (Lipinski definition) is 1. The topological polar surface area (TPSA) is 71.2 Å². The van der Waals surface area contributed by atoms with Crippen LogP contribution < -0.4 is 0 Å². The normalized spacial score (nSPS) is 15.0. The molecule has 3 aromatic rings. The average Bonchev–Trinajstić information content (AvgIpc) is 3.24. The first-order valence-corrected chi connectivity index (χ1v) is 9.62. The first-order valence-electron chi connectivity index (χ1n) is 9.62. The molecule has 0 atom stereocenters. The maximum atomic E-state index is 12.7. The predicted molar refractivity (Wildman–Crippen MR) is 107 cm³/mol. The van der Waals surface area contributed by atoms with Gasteiger partial charge in [0, 0.05) is 24.2 Å². The monoisotopic (exact) mass is 376 g/mol. The maximum absolute atomic E-state index is 12.7. The van der Waals surface area contributed by atoms with E-state index in [-0.39, 0.29) is 18.6 Å². The first kappa shape index (κ1) is 18.4. The van der Waals surface area contributed by atoms with Crippen molar-refractivity contribution in [3.63, 3.8) is 0 Å². The van der Waals surface area contributed by atoms with Gasteiger partial charge in [0.1, 0.15) is 5.69 Å². The summed E-state index contributed by atoms with van der Waals surface area (Å²) in [6.45, 7) is 3.45. The van der Waals surface area contributed by atoms with Gasteiger partial charge in [0.25, 0.3) is 5.91 Å². The highest BCUT2D eigenvalue weighted by molar-refractivity contribution is 5.94. The van der Waals surface area contributed by atoms with Crippen LogP contribution in [0.25, 0.3) is 11.3 Å². The van der Waals surface area contributed by atoms with E-state index in [1.165, 1.54) is 5.56 Å². The third-order valence-corrected chi connectivity index (χ3v) is 5.37. The van der Waals surface area contributed by atoms with Gasteiger partial charge >= 0.3 is 0 Å². The van der Waals surface area contributed by atoms with Gasteiger partial charge in [-0.1, -0.05) is 47.2 Å². The third kappa shape index (κ3) is 3.82. The van der Waals surface area contributed by atoms with E-state index in [1.807, 2.05) is 15.8 Å². The Hall–Kier alpha value is -2.99. The molecule has 28 heavy (non-hydrogen) atoms. The van der Waals surface area contributed by atoms with Crippen LogP contribution in [0.5, 0.6) is 0 Å². The van der Waals surface area contributed by atoms with E-state index < -0.39 is 0 Å². The van der Waals surface area contributed by atoms with Crippen molar-refractivity contribution in [3.8, 4) is 11.3 Å². The SMILES string of the molecule is Cc1ccc(-c2cn(C3CCN(C(=O)c4ccc(CO)cc4)CC3)nn2)cc1. The van der Waals surface area contributed by atoms with E-state index in [4.69, 9.17) is 5.11 Å². The number of aliphatic hydroxyl groups is 1. The highest BCUT2D eigenvalue weighted by Gasteiger charge is 2.25. The third-order valence-electron chi connectivity index (χ3n) is 5.37. The molecular formula is C22H24N4O2. The summed E-state index contributed by atoms with van der Waals surface area (Å²) in [4.78, 5) is 14.6. The molecule has 0 saturated carbocycles. The predicted octanol–water partition coefficient (Wildman–Crippen LogP) is 3.22. The molecule has 1 aliphatic heterocycles. The van der Waals surface area contributed by atoms with Crippen LogP contribution in [0.15, 0.2) is 54.7 Å². The standard InChI is InChI=1S/C22H24N4O2/c1-16-2-6-18(7-3-16)21-14-26(24-23-21)20-10-12-25(13-11-20)22(28)19-8-4-17(15-27)5-9-19/h2-9,14,20,27H,10-13,15H2,1H3. The summed E-state index contributed by atoms with van der Waals surface area (Å²) >= 11 is 0. The lowest BCUT2D eigenvalue weighted by atomic mass is 10.0. The molecule has 0 spiro atoms. The number of piperidine rings is 1. The molecule has 2 heterocycles. The number of hydrogen-bond acceptors (Lipinski definition) is 4. The number of benzene rings is 2. The Morgan fingerprint density at radius 1 is 1.07 bits per heavy atom. The lowest BCUT2D eigenvalue weighted by molar-refractivity contribution is 0.0689. The quantitative estimate of drug-likeness (QED) is 0.759. The fourth-order valence-electron chi connectivity index (χ4n) is 3.58. The second-order valence-corrected chi connectivity index (χ2v) is 7.33. The Morgan fingerprint density at radius 2 is 1.75 bits per heavy atom. The lowest BCUT2D eigenvalue weighted by Gasteiger charge is -2.32. The second-order valence-electron chi connectivity index (χ2n) is 7.33. The molecular weight excluding hydrogens is 352 g/mol. The van der Waals surface area contributed by atoms with Crippen LogP contribution in [0.2, 0.25) is 0 Å². The largest absolute Gasteiger partial charge is 0.392 e. The molecule has 0 unspecified atom stereocenters. The molecule has 4 rings (SSSR count). The number of nitrogens with zero attached hydrogens (tertiary/aromatic N) is 4. The Bertz CT molecular complexity index is 939. The summed E-state index contributed by atoms with van der Waals surface area (Å²) in [5.74, 6) is 0.0434. The minimum Gasteiger partial charge on any atom is -0.392 e. The summed E-state index contributed by atoms with van der Waals surface area (Å²) in [5, 5.41) is 17.8. The minimum atomic E-state index is -0.0116. The van der Waals surface area contributed by atoms with Crippen molar-refractivity contribution in [2.45, 2.75) is 32.4 Å². The number of rotatable bonds is 4. The van der Waals surface area contributed by atoms with Crippen molar-refractivity contribution >= 4 is 5.91 Å². The maximum Gasteiger partial charge on any atom is 0.253 e. The molecule has 6 heteroatoms. The minimum absolute atomic E-state index is 0.0116. The number of carbonyl (C=O) groups is 1. The Kier molecular flexibility index (Phi) is 5.21. The molecule has 1 saturated heterocycles. The molecule has 1 fully saturated rings. The molecule has 1 aromatic heterocycles. The molecule has 2 aromatic carbocycles. The fraction of sp³-hybridized carbons (Fsp3) is 0.318. The highest BCUT2D eigenvalue weighted by atomic mass is 16.3. The van der Waals surface area contributed by atoms with Crippen LogP contribution in [0.4, 0.5) is 0 Å².